The number of carbonyl (C=O) groups excluding carboxylic acids is 1. The molecule has 0 aliphatic heterocycles. The molecule has 6 nitrogen and oxygen atoms in total. The lowest BCUT2D eigenvalue weighted by Crippen LogP contribution is -2.30. The van der Waals surface area contributed by atoms with Crippen LogP contribution in [0.5, 0.6) is 0 Å². The van der Waals surface area contributed by atoms with E-state index in [1.165, 1.54) is 20.2 Å². The molecule has 0 aliphatic carbocycles. The fraction of sp³-hybridized carbons (Fsp3) is 0.385. The third-order valence-corrected chi connectivity index (χ3v) is 5.26. The highest BCUT2D eigenvalue weighted by Gasteiger charge is 2.23. The second-order valence-corrected chi connectivity index (χ2v) is 6.95. The van der Waals surface area contributed by atoms with E-state index >= 15 is 0 Å². The number of methoxy groups -OCH3 is 1. The van der Waals surface area contributed by atoms with Gasteiger partial charge in [-0.25, -0.2) is 12.7 Å². The molecule has 0 unspecified atom stereocenters. The summed E-state index contributed by atoms with van der Waals surface area (Å²) in [5, 5.41) is 0. The predicted octanol–water partition coefficient (Wildman–Crippen LogP) is 0.813. The van der Waals surface area contributed by atoms with Crippen molar-refractivity contribution >= 4 is 33.2 Å². The maximum Gasteiger partial charge on any atom is 0.306 e. The highest BCUT2D eigenvalue weighted by molar-refractivity contribution is 7.89. The molecule has 0 heterocycles. The normalized spacial score (nSPS) is 11.4. The van der Waals surface area contributed by atoms with E-state index in [9.17, 15) is 13.2 Å². The van der Waals surface area contributed by atoms with Crippen molar-refractivity contribution in [3.05, 3.63) is 29.3 Å². The first-order valence-corrected chi connectivity index (χ1v) is 7.98. The first kappa shape index (κ1) is 17.5. The molecule has 0 saturated heterocycles. The van der Waals surface area contributed by atoms with Crippen LogP contribution in [0.3, 0.4) is 0 Å². The smallest absolute Gasteiger partial charge is 0.306 e. The van der Waals surface area contributed by atoms with Crippen LogP contribution in [0.4, 0.5) is 0 Å². The molecule has 8 heteroatoms. The summed E-state index contributed by atoms with van der Waals surface area (Å²) >= 11 is 4.86. The monoisotopic (exact) mass is 330 g/mol. The van der Waals surface area contributed by atoms with Crippen molar-refractivity contribution in [2.75, 3.05) is 20.7 Å². The maximum absolute atomic E-state index is 12.4. The summed E-state index contributed by atoms with van der Waals surface area (Å²) in [5.74, 6) is -0.461. The summed E-state index contributed by atoms with van der Waals surface area (Å²) in [5.41, 5.74) is 6.67. The molecule has 0 radical (unpaired) electrons. The Morgan fingerprint density at radius 2 is 2.05 bits per heavy atom. The standard InChI is InChI=1S/C13H18N2O4S2/c1-9-8-10(13(14)20)4-5-11(9)21(17,18)15(2)7-6-12(16)19-3/h4-5,8H,6-7H2,1-3H3,(H2,14,20). The lowest BCUT2D eigenvalue weighted by atomic mass is 10.1. The van der Waals surface area contributed by atoms with Gasteiger partial charge in [0.15, 0.2) is 0 Å². The molecule has 0 aliphatic rings. The number of nitrogens with zero attached hydrogens (tertiary/aromatic N) is 1. The van der Waals surface area contributed by atoms with Crippen LogP contribution in [0.2, 0.25) is 0 Å². The van der Waals surface area contributed by atoms with Gasteiger partial charge in [0, 0.05) is 19.2 Å². The van der Waals surface area contributed by atoms with Crippen molar-refractivity contribution in [1.82, 2.24) is 4.31 Å². The molecular formula is C13H18N2O4S2. The number of ether oxygens (including phenoxy) is 1. The highest BCUT2D eigenvalue weighted by Crippen LogP contribution is 2.20. The molecule has 1 aromatic rings. The number of thiocarbonyl (C=S) groups is 1. The van der Waals surface area contributed by atoms with Gasteiger partial charge >= 0.3 is 5.97 Å². The van der Waals surface area contributed by atoms with E-state index in [2.05, 4.69) is 4.74 Å². The van der Waals surface area contributed by atoms with Gasteiger partial charge in [0.05, 0.1) is 18.4 Å². The van der Waals surface area contributed by atoms with Crippen LogP contribution in [0.15, 0.2) is 23.1 Å². The van der Waals surface area contributed by atoms with Gasteiger partial charge in [0.1, 0.15) is 4.99 Å². The van der Waals surface area contributed by atoms with E-state index in [0.29, 0.717) is 11.1 Å². The van der Waals surface area contributed by atoms with Gasteiger partial charge in [-0.1, -0.05) is 18.3 Å². The Morgan fingerprint density at radius 1 is 1.43 bits per heavy atom. The highest BCUT2D eigenvalue weighted by atomic mass is 32.2. The van der Waals surface area contributed by atoms with Gasteiger partial charge in [0.25, 0.3) is 0 Å². The van der Waals surface area contributed by atoms with E-state index in [1.54, 1.807) is 19.1 Å². The molecule has 0 spiro atoms. The minimum Gasteiger partial charge on any atom is -0.469 e. The fourth-order valence-electron chi connectivity index (χ4n) is 1.73. The summed E-state index contributed by atoms with van der Waals surface area (Å²) < 4.78 is 30.5. The number of benzene rings is 1. The lowest BCUT2D eigenvalue weighted by Gasteiger charge is -2.18. The number of aryl methyl sites for hydroxylation is 1. The number of rotatable bonds is 6. The van der Waals surface area contributed by atoms with Crippen molar-refractivity contribution in [3.8, 4) is 0 Å². The molecule has 21 heavy (non-hydrogen) atoms. The Balaban J connectivity index is 3.02. The zero-order valence-electron chi connectivity index (χ0n) is 12.1. The van der Waals surface area contributed by atoms with Crippen molar-refractivity contribution in [2.24, 2.45) is 5.73 Å². The first-order chi connectivity index (χ1) is 9.70. The second-order valence-electron chi connectivity index (χ2n) is 4.50. The third-order valence-electron chi connectivity index (χ3n) is 3.01. The minimum absolute atomic E-state index is 0.00372. The Labute approximate surface area is 129 Å². The molecular weight excluding hydrogens is 312 g/mol. The van der Waals surface area contributed by atoms with Gasteiger partial charge in [-0.2, -0.15) is 0 Å². The topological polar surface area (TPSA) is 89.7 Å². The van der Waals surface area contributed by atoms with Gasteiger partial charge in [-0.3, -0.25) is 4.79 Å². The summed E-state index contributed by atoms with van der Waals surface area (Å²) in [6.45, 7) is 1.72. The van der Waals surface area contributed by atoms with Crippen LogP contribution < -0.4 is 5.73 Å². The summed E-state index contributed by atoms with van der Waals surface area (Å²) in [6, 6.07) is 4.66. The molecule has 1 aromatic carbocycles. The predicted molar refractivity (Wildman–Crippen MR) is 83.5 cm³/mol. The summed E-state index contributed by atoms with van der Waals surface area (Å²) in [6.07, 6.45) is -0.00372. The Kier molecular flexibility index (Phi) is 5.82. The van der Waals surface area contributed by atoms with E-state index in [4.69, 9.17) is 18.0 Å². The third kappa shape index (κ3) is 4.23. The molecule has 0 saturated carbocycles. The van der Waals surface area contributed by atoms with Gasteiger partial charge in [-0.15, -0.1) is 0 Å². The molecule has 0 atom stereocenters. The molecule has 0 aromatic heterocycles. The number of hydrogen-bond donors (Lipinski definition) is 1. The first-order valence-electron chi connectivity index (χ1n) is 6.13. The summed E-state index contributed by atoms with van der Waals surface area (Å²) in [7, 11) is -0.999. The molecule has 0 amide bonds. The van der Waals surface area contributed by atoms with Crippen molar-refractivity contribution in [3.63, 3.8) is 0 Å². The largest absolute Gasteiger partial charge is 0.469 e. The van der Waals surface area contributed by atoms with E-state index in [-0.39, 0.29) is 22.8 Å². The second kappa shape index (κ2) is 6.97. The number of nitrogens with two attached hydrogens (primary N) is 1. The van der Waals surface area contributed by atoms with E-state index in [0.717, 1.165) is 4.31 Å². The number of esters is 1. The molecule has 116 valence electrons. The fourth-order valence-corrected chi connectivity index (χ4v) is 3.23. The zero-order chi connectivity index (χ0) is 16.2. The quantitative estimate of drug-likeness (QED) is 0.613. The SMILES string of the molecule is COC(=O)CCN(C)S(=O)(=O)c1ccc(C(N)=S)cc1C. The van der Waals surface area contributed by atoms with Crippen LogP contribution in [-0.2, 0) is 19.6 Å². The van der Waals surface area contributed by atoms with Crippen LogP contribution >= 0.6 is 12.2 Å². The van der Waals surface area contributed by atoms with Gasteiger partial charge in [0.2, 0.25) is 10.0 Å². The van der Waals surface area contributed by atoms with E-state index in [1.807, 2.05) is 0 Å². The van der Waals surface area contributed by atoms with Crippen molar-refractivity contribution in [1.29, 1.82) is 0 Å². The number of sulfonamides is 1. The molecule has 2 N–H and O–H groups in total. The molecule has 0 bridgehead atoms. The Morgan fingerprint density at radius 3 is 2.52 bits per heavy atom. The summed E-state index contributed by atoms with van der Waals surface area (Å²) in [4.78, 5) is 11.5. The Hall–Kier alpha value is -1.51. The van der Waals surface area contributed by atoms with Crippen LogP contribution in [0.1, 0.15) is 17.5 Å². The number of hydrogen-bond acceptors (Lipinski definition) is 5. The molecule has 1 rings (SSSR count). The average molecular weight is 330 g/mol. The van der Waals surface area contributed by atoms with Crippen LogP contribution in [-0.4, -0.2) is 44.4 Å². The van der Waals surface area contributed by atoms with E-state index < -0.39 is 16.0 Å². The molecule has 0 fully saturated rings. The minimum atomic E-state index is -3.67. The van der Waals surface area contributed by atoms with Crippen molar-refractivity contribution in [2.45, 2.75) is 18.2 Å². The van der Waals surface area contributed by atoms with Crippen LogP contribution in [0.25, 0.3) is 0 Å². The van der Waals surface area contributed by atoms with Gasteiger partial charge in [-0.05, 0) is 24.6 Å². The average Bonchev–Trinajstić information content (AvgIpc) is 2.43. The van der Waals surface area contributed by atoms with Gasteiger partial charge < -0.3 is 10.5 Å². The maximum atomic E-state index is 12.4. The van der Waals surface area contributed by atoms with Crippen LogP contribution in [0, 0.1) is 6.92 Å². The lowest BCUT2D eigenvalue weighted by molar-refractivity contribution is -0.140. The number of carbonyl (C=O) groups is 1. The Bertz CT molecular complexity index is 656. The van der Waals surface area contributed by atoms with Crippen molar-refractivity contribution < 1.29 is 17.9 Å². The zero-order valence-corrected chi connectivity index (χ0v) is 13.8.